The number of esters is 2. The third-order valence-electron chi connectivity index (χ3n) is 3.39. The summed E-state index contributed by atoms with van der Waals surface area (Å²) in [6.45, 7) is 2.04. The molecule has 0 fully saturated rings. The second-order valence-corrected chi connectivity index (χ2v) is 5.03. The standard InChI is InChI=1S/C18H20O5/c1-3-22-18(20)15-11-14(12-17(19)21-2)23-16(15)10-9-13-7-5-4-6-8-13/h4-10,14H,3,11-12H2,1-2H3/b10-9+. The van der Waals surface area contributed by atoms with E-state index in [1.807, 2.05) is 36.4 Å². The quantitative estimate of drug-likeness (QED) is 0.755. The van der Waals surface area contributed by atoms with Crippen molar-refractivity contribution in [3.63, 3.8) is 0 Å². The Labute approximate surface area is 135 Å². The Balaban J connectivity index is 2.15. The van der Waals surface area contributed by atoms with Crippen LogP contribution in [0.2, 0.25) is 0 Å². The molecule has 0 N–H and O–H groups in total. The Kier molecular flexibility index (Phi) is 5.97. The van der Waals surface area contributed by atoms with Crippen molar-refractivity contribution in [3.8, 4) is 0 Å². The topological polar surface area (TPSA) is 61.8 Å². The molecule has 1 atom stereocenters. The van der Waals surface area contributed by atoms with Gasteiger partial charge in [0, 0.05) is 6.42 Å². The Morgan fingerprint density at radius 1 is 1.26 bits per heavy atom. The van der Waals surface area contributed by atoms with Gasteiger partial charge >= 0.3 is 11.9 Å². The van der Waals surface area contributed by atoms with Crippen LogP contribution in [0.4, 0.5) is 0 Å². The van der Waals surface area contributed by atoms with E-state index in [-0.39, 0.29) is 12.4 Å². The van der Waals surface area contributed by atoms with Gasteiger partial charge in [0.2, 0.25) is 0 Å². The SMILES string of the molecule is CCOC(=O)C1=C(/C=C/c2ccccc2)OC(CC(=O)OC)C1. The average molecular weight is 316 g/mol. The predicted molar refractivity (Wildman–Crippen MR) is 85.3 cm³/mol. The minimum absolute atomic E-state index is 0.0993. The van der Waals surface area contributed by atoms with Crippen LogP contribution in [0.1, 0.15) is 25.3 Å². The fraction of sp³-hybridized carbons (Fsp3) is 0.333. The van der Waals surface area contributed by atoms with Gasteiger partial charge in [-0.1, -0.05) is 36.4 Å². The second-order valence-electron chi connectivity index (χ2n) is 5.03. The van der Waals surface area contributed by atoms with Crippen molar-refractivity contribution in [2.45, 2.75) is 25.9 Å². The minimum atomic E-state index is -0.410. The molecule has 1 unspecified atom stereocenters. The molecule has 0 radical (unpaired) electrons. The maximum atomic E-state index is 12.1. The minimum Gasteiger partial charge on any atom is -0.489 e. The summed E-state index contributed by atoms with van der Waals surface area (Å²) in [5.74, 6) is -0.333. The zero-order valence-electron chi connectivity index (χ0n) is 13.3. The van der Waals surface area contributed by atoms with Crippen LogP contribution in [0.5, 0.6) is 0 Å². The molecule has 23 heavy (non-hydrogen) atoms. The fourth-order valence-electron chi connectivity index (χ4n) is 2.28. The summed E-state index contributed by atoms with van der Waals surface area (Å²) in [5, 5.41) is 0. The van der Waals surface area contributed by atoms with E-state index in [1.54, 1.807) is 13.0 Å². The van der Waals surface area contributed by atoms with E-state index < -0.39 is 12.1 Å². The first-order valence-corrected chi connectivity index (χ1v) is 7.51. The van der Waals surface area contributed by atoms with E-state index in [0.717, 1.165) is 5.56 Å². The summed E-state index contributed by atoms with van der Waals surface area (Å²) >= 11 is 0. The van der Waals surface area contributed by atoms with E-state index in [9.17, 15) is 9.59 Å². The van der Waals surface area contributed by atoms with Gasteiger partial charge in [-0.15, -0.1) is 0 Å². The molecule has 2 rings (SSSR count). The van der Waals surface area contributed by atoms with E-state index in [2.05, 4.69) is 4.74 Å². The first kappa shape index (κ1) is 16.8. The highest BCUT2D eigenvalue weighted by Gasteiger charge is 2.31. The van der Waals surface area contributed by atoms with E-state index in [1.165, 1.54) is 7.11 Å². The number of ether oxygens (including phenoxy) is 3. The molecule has 0 aliphatic carbocycles. The molecule has 5 heteroatoms. The third-order valence-corrected chi connectivity index (χ3v) is 3.39. The highest BCUT2D eigenvalue weighted by molar-refractivity contribution is 5.90. The van der Waals surface area contributed by atoms with Gasteiger partial charge in [-0.2, -0.15) is 0 Å². The van der Waals surface area contributed by atoms with Crippen LogP contribution in [0.3, 0.4) is 0 Å². The molecule has 0 saturated carbocycles. The van der Waals surface area contributed by atoms with Crippen LogP contribution in [0.15, 0.2) is 47.7 Å². The molecule has 0 amide bonds. The number of allylic oxidation sites excluding steroid dienone is 1. The lowest BCUT2D eigenvalue weighted by atomic mass is 10.1. The molecule has 1 aromatic carbocycles. The van der Waals surface area contributed by atoms with Crippen molar-refractivity contribution < 1.29 is 23.8 Å². The van der Waals surface area contributed by atoms with E-state index in [4.69, 9.17) is 9.47 Å². The molecule has 0 saturated heterocycles. The summed E-state index contributed by atoms with van der Waals surface area (Å²) in [4.78, 5) is 23.5. The lowest BCUT2D eigenvalue weighted by Crippen LogP contribution is -2.15. The molecule has 1 aromatic rings. The summed E-state index contributed by atoms with van der Waals surface area (Å²) in [6, 6.07) is 9.68. The maximum absolute atomic E-state index is 12.1. The molecule has 0 spiro atoms. The number of benzene rings is 1. The number of carbonyl (C=O) groups is 2. The first-order valence-electron chi connectivity index (χ1n) is 7.51. The highest BCUT2D eigenvalue weighted by atomic mass is 16.5. The van der Waals surface area contributed by atoms with Crippen molar-refractivity contribution in [1.29, 1.82) is 0 Å². The third kappa shape index (κ3) is 4.71. The van der Waals surface area contributed by atoms with Crippen molar-refractivity contribution >= 4 is 18.0 Å². The Morgan fingerprint density at radius 2 is 2.00 bits per heavy atom. The normalized spacial score (nSPS) is 17.2. The monoisotopic (exact) mass is 316 g/mol. The van der Waals surface area contributed by atoms with Crippen LogP contribution in [0, 0.1) is 0 Å². The lowest BCUT2D eigenvalue weighted by molar-refractivity contribution is -0.143. The van der Waals surface area contributed by atoms with Crippen molar-refractivity contribution in [2.75, 3.05) is 13.7 Å². The van der Waals surface area contributed by atoms with Gasteiger partial charge in [-0.3, -0.25) is 4.79 Å². The molecule has 1 heterocycles. The molecular weight excluding hydrogens is 296 g/mol. The highest BCUT2D eigenvalue weighted by Crippen LogP contribution is 2.29. The predicted octanol–water partition coefficient (Wildman–Crippen LogP) is 2.87. The van der Waals surface area contributed by atoms with Crippen molar-refractivity contribution in [3.05, 3.63) is 53.3 Å². The summed E-state index contributed by atoms with van der Waals surface area (Å²) in [5.41, 5.74) is 1.44. The van der Waals surface area contributed by atoms with Gasteiger partial charge in [0.1, 0.15) is 11.9 Å². The smallest absolute Gasteiger partial charge is 0.337 e. The number of hydrogen-bond acceptors (Lipinski definition) is 5. The Hall–Kier alpha value is -2.56. The fourth-order valence-corrected chi connectivity index (χ4v) is 2.28. The number of methoxy groups -OCH3 is 1. The zero-order chi connectivity index (χ0) is 16.7. The van der Waals surface area contributed by atoms with Gasteiger partial charge in [-0.25, -0.2) is 4.79 Å². The lowest BCUT2D eigenvalue weighted by Gasteiger charge is -2.09. The number of carbonyl (C=O) groups excluding carboxylic acids is 2. The summed E-state index contributed by atoms with van der Waals surface area (Å²) < 4.78 is 15.4. The Bertz CT molecular complexity index is 616. The largest absolute Gasteiger partial charge is 0.489 e. The molecule has 0 aromatic heterocycles. The van der Waals surface area contributed by atoms with Crippen LogP contribution < -0.4 is 0 Å². The van der Waals surface area contributed by atoms with Crippen LogP contribution >= 0.6 is 0 Å². The molecular formula is C18H20O5. The van der Waals surface area contributed by atoms with Gasteiger partial charge in [0.05, 0.1) is 25.7 Å². The average Bonchev–Trinajstić information content (AvgIpc) is 2.97. The molecule has 0 bridgehead atoms. The van der Waals surface area contributed by atoms with Gasteiger partial charge in [-0.05, 0) is 18.6 Å². The Morgan fingerprint density at radius 3 is 2.65 bits per heavy atom. The van der Waals surface area contributed by atoms with E-state index in [0.29, 0.717) is 24.4 Å². The molecule has 1 aliphatic rings. The maximum Gasteiger partial charge on any atom is 0.337 e. The summed E-state index contributed by atoms with van der Waals surface area (Å²) in [6.07, 6.45) is 3.62. The molecule has 122 valence electrons. The van der Waals surface area contributed by atoms with Crippen LogP contribution in [0.25, 0.3) is 6.08 Å². The van der Waals surface area contributed by atoms with E-state index >= 15 is 0 Å². The number of hydrogen-bond donors (Lipinski definition) is 0. The van der Waals surface area contributed by atoms with Crippen LogP contribution in [-0.2, 0) is 23.8 Å². The molecule has 5 nitrogen and oxygen atoms in total. The second kappa shape index (κ2) is 8.17. The molecule has 1 aliphatic heterocycles. The number of rotatable bonds is 6. The zero-order valence-corrected chi connectivity index (χ0v) is 13.3. The summed E-state index contributed by atoms with van der Waals surface area (Å²) in [7, 11) is 1.33. The van der Waals surface area contributed by atoms with Crippen molar-refractivity contribution in [2.24, 2.45) is 0 Å². The van der Waals surface area contributed by atoms with Gasteiger partial charge < -0.3 is 14.2 Å². The van der Waals surface area contributed by atoms with Crippen molar-refractivity contribution in [1.82, 2.24) is 0 Å². The van der Waals surface area contributed by atoms with Gasteiger partial charge in [0.15, 0.2) is 0 Å². The first-order chi connectivity index (χ1) is 11.1. The van der Waals surface area contributed by atoms with Crippen LogP contribution in [-0.4, -0.2) is 31.8 Å². The van der Waals surface area contributed by atoms with Gasteiger partial charge in [0.25, 0.3) is 0 Å².